The molecule has 0 amide bonds. The molecule has 0 atom stereocenters. The maximum atomic E-state index is 13.6. The molecule has 0 saturated heterocycles. The van der Waals surface area contributed by atoms with Crippen molar-refractivity contribution in [3.8, 4) is 11.4 Å². The molecule has 2 aromatic carbocycles. The van der Waals surface area contributed by atoms with Crippen molar-refractivity contribution in [3.63, 3.8) is 0 Å². The van der Waals surface area contributed by atoms with Gasteiger partial charge in [-0.1, -0.05) is 12.1 Å². The second kappa shape index (κ2) is 4.66. The van der Waals surface area contributed by atoms with Crippen molar-refractivity contribution in [1.29, 1.82) is 0 Å². The van der Waals surface area contributed by atoms with Gasteiger partial charge in [-0.05, 0) is 30.5 Å². The van der Waals surface area contributed by atoms with E-state index in [0.717, 1.165) is 16.5 Å². The van der Waals surface area contributed by atoms with Gasteiger partial charge in [-0.25, -0.2) is 13.8 Å². The van der Waals surface area contributed by atoms with Crippen LogP contribution in [-0.2, 0) is 0 Å². The van der Waals surface area contributed by atoms with Gasteiger partial charge in [0.1, 0.15) is 11.3 Å². The highest BCUT2D eigenvalue weighted by molar-refractivity contribution is 7.98. The molecule has 5 heteroatoms. The molecule has 96 valence electrons. The Morgan fingerprint density at radius 2 is 1.79 bits per heavy atom. The van der Waals surface area contributed by atoms with Crippen molar-refractivity contribution in [2.24, 2.45) is 0 Å². The summed E-state index contributed by atoms with van der Waals surface area (Å²) >= 11 is 1.64. The predicted octanol–water partition coefficient (Wildman–Crippen LogP) is 4.23. The highest BCUT2D eigenvalue weighted by Crippen LogP contribution is 2.25. The summed E-state index contributed by atoms with van der Waals surface area (Å²) in [5, 5.41) is 0. The first-order valence-corrected chi connectivity index (χ1v) is 6.89. The number of H-pyrrole nitrogens is 1. The van der Waals surface area contributed by atoms with Gasteiger partial charge in [-0.15, -0.1) is 11.8 Å². The molecule has 0 bridgehead atoms. The number of hydrogen-bond acceptors (Lipinski definition) is 2. The van der Waals surface area contributed by atoms with Gasteiger partial charge in [0.05, 0.1) is 5.52 Å². The number of imidazole rings is 1. The van der Waals surface area contributed by atoms with Crippen LogP contribution < -0.4 is 0 Å². The molecule has 0 radical (unpaired) electrons. The maximum Gasteiger partial charge on any atom is 0.186 e. The van der Waals surface area contributed by atoms with E-state index in [2.05, 4.69) is 9.97 Å². The van der Waals surface area contributed by atoms with E-state index in [-0.39, 0.29) is 5.52 Å². The van der Waals surface area contributed by atoms with E-state index in [1.54, 1.807) is 11.8 Å². The average molecular weight is 276 g/mol. The second-order valence-corrected chi connectivity index (χ2v) is 4.95. The minimum absolute atomic E-state index is 0.0314. The van der Waals surface area contributed by atoms with E-state index < -0.39 is 11.6 Å². The number of hydrogen-bond donors (Lipinski definition) is 1. The third-order valence-corrected chi connectivity index (χ3v) is 3.65. The zero-order valence-electron chi connectivity index (χ0n) is 10.1. The predicted molar refractivity (Wildman–Crippen MR) is 73.2 cm³/mol. The molecule has 0 spiro atoms. The lowest BCUT2D eigenvalue weighted by atomic mass is 10.2. The first kappa shape index (κ1) is 12.2. The van der Waals surface area contributed by atoms with Gasteiger partial charge in [0.25, 0.3) is 0 Å². The Morgan fingerprint density at radius 3 is 2.47 bits per heavy atom. The first-order valence-electron chi connectivity index (χ1n) is 5.67. The highest BCUT2D eigenvalue weighted by Gasteiger charge is 2.12. The smallest absolute Gasteiger partial charge is 0.186 e. The third kappa shape index (κ3) is 2.10. The van der Waals surface area contributed by atoms with Gasteiger partial charge in [0.15, 0.2) is 11.6 Å². The van der Waals surface area contributed by atoms with E-state index in [9.17, 15) is 8.78 Å². The van der Waals surface area contributed by atoms with Crippen LogP contribution in [0.15, 0.2) is 41.3 Å². The van der Waals surface area contributed by atoms with Crippen LogP contribution in [-0.4, -0.2) is 16.2 Å². The Morgan fingerprint density at radius 1 is 1.05 bits per heavy atom. The summed E-state index contributed by atoms with van der Waals surface area (Å²) in [6, 6.07) is 10.3. The van der Waals surface area contributed by atoms with Crippen molar-refractivity contribution < 1.29 is 8.78 Å². The molecule has 0 aliphatic rings. The maximum absolute atomic E-state index is 13.6. The SMILES string of the molecule is CSc1ccc(-c2nc3c(F)c(F)ccc3[nH]2)cc1. The summed E-state index contributed by atoms with van der Waals surface area (Å²) in [5.74, 6) is -1.27. The quantitative estimate of drug-likeness (QED) is 0.709. The second-order valence-electron chi connectivity index (χ2n) is 4.07. The van der Waals surface area contributed by atoms with Gasteiger partial charge < -0.3 is 4.98 Å². The fraction of sp³-hybridized carbons (Fsp3) is 0.0714. The highest BCUT2D eigenvalue weighted by atomic mass is 32.2. The number of benzene rings is 2. The Balaban J connectivity index is 2.12. The molecule has 3 rings (SSSR count). The van der Waals surface area contributed by atoms with Crippen LogP contribution in [0.3, 0.4) is 0 Å². The Hall–Kier alpha value is -1.88. The van der Waals surface area contributed by atoms with E-state index >= 15 is 0 Å². The van der Waals surface area contributed by atoms with Crippen LogP contribution in [0.1, 0.15) is 0 Å². The van der Waals surface area contributed by atoms with E-state index in [1.165, 1.54) is 6.07 Å². The van der Waals surface area contributed by atoms with Crippen molar-refractivity contribution in [3.05, 3.63) is 48.0 Å². The number of fused-ring (bicyclic) bond motifs is 1. The summed E-state index contributed by atoms with van der Waals surface area (Å²) in [6.45, 7) is 0. The third-order valence-electron chi connectivity index (χ3n) is 2.91. The minimum atomic E-state index is -0.916. The molecule has 1 N–H and O–H groups in total. The largest absolute Gasteiger partial charge is 0.338 e. The number of thioether (sulfide) groups is 1. The normalized spacial score (nSPS) is 11.1. The molecule has 19 heavy (non-hydrogen) atoms. The molecule has 1 heterocycles. The number of nitrogens with one attached hydrogen (secondary N) is 1. The Labute approximate surface area is 112 Å². The van der Waals surface area contributed by atoms with E-state index in [1.807, 2.05) is 30.5 Å². The molecular weight excluding hydrogens is 266 g/mol. The summed E-state index contributed by atoms with van der Waals surface area (Å²) < 4.78 is 26.7. The lowest BCUT2D eigenvalue weighted by molar-refractivity contribution is 0.515. The standard InChI is InChI=1S/C14H10F2N2S/c1-19-9-4-2-8(3-5-9)14-17-11-7-6-10(15)12(16)13(11)18-14/h2-7H,1H3,(H,17,18). The number of nitrogens with zero attached hydrogens (tertiary/aromatic N) is 1. The molecule has 0 unspecified atom stereocenters. The molecule has 0 fully saturated rings. The van der Waals surface area contributed by atoms with E-state index in [0.29, 0.717) is 11.3 Å². The van der Waals surface area contributed by atoms with Crippen LogP contribution in [0.5, 0.6) is 0 Å². The van der Waals surface area contributed by atoms with Gasteiger partial charge in [-0.2, -0.15) is 0 Å². The number of halogens is 2. The lowest BCUT2D eigenvalue weighted by Crippen LogP contribution is -1.84. The fourth-order valence-electron chi connectivity index (χ4n) is 1.90. The molecule has 0 aliphatic carbocycles. The van der Waals surface area contributed by atoms with Crippen molar-refractivity contribution in [2.75, 3.05) is 6.26 Å². The molecule has 0 saturated carbocycles. The van der Waals surface area contributed by atoms with Crippen molar-refractivity contribution in [1.82, 2.24) is 9.97 Å². The van der Waals surface area contributed by atoms with E-state index in [4.69, 9.17) is 0 Å². The van der Waals surface area contributed by atoms with Gasteiger partial charge in [0, 0.05) is 10.5 Å². The topological polar surface area (TPSA) is 28.7 Å². The summed E-state index contributed by atoms with van der Waals surface area (Å²) in [6.07, 6.45) is 1.99. The number of aromatic amines is 1. The van der Waals surface area contributed by atoms with Gasteiger partial charge in [-0.3, -0.25) is 0 Å². The van der Waals surface area contributed by atoms with Crippen LogP contribution in [0.2, 0.25) is 0 Å². The Kier molecular flexibility index (Phi) is 2.98. The van der Waals surface area contributed by atoms with Crippen molar-refractivity contribution >= 4 is 22.8 Å². The van der Waals surface area contributed by atoms with Crippen LogP contribution >= 0.6 is 11.8 Å². The summed E-state index contributed by atoms with van der Waals surface area (Å²) in [4.78, 5) is 8.25. The Bertz CT molecular complexity index is 735. The first-order chi connectivity index (χ1) is 9.19. The molecule has 3 aromatic rings. The van der Waals surface area contributed by atoms with Crippen LogP contribution in [0, 0.1) is 11.6 Å². The molecular formula is C14H10F2N2S. The number of aromatic nitrogens is 2. The average Bonchev–Trinajstić information content (AvgIpc) is 2.88. The molecule has 0 aliphatic heterocycles. The van der Waals surface area contributed by atoms with Gasteiger partial charge in [0.2, 0.25) is 0 Å². The summed E-state index contributed by atoms with van der Waals surface area (Å²) in [7, 11) is 0. The lowest BCUT2D eigenvalue weighted by Gasteiger charge is -1.98. The minimum Gasteiger partial charge on any atom is -0.338 e. The fourth-order valence-corrected chi connectivity index (χ4v) is 2.31. The number of rotatable bonds is 2. The van der Waals surface area contributed by atoms with Crippen molar-refractivity contribution in [2.45, 2.75) is 4.90 Å². The van der Waals surface area contributed by atoms with Crippen LogP contribution in [0.25, 0.3) is 22.4 Å². The van der Waals surface area contributed by atoms with Gasteiger partial charge >= 0.3 is 0 Å². The molecule has 1 aromatic heterocycles. The zero-order valence-corrected chi connectivity index (χ0v) is 10.9. The summed E-state index contributed by atoms with van der Waals surface area (Å²) in [5.41, 5.74) is 1.36. The van der Waals surface area contributed by atoms with Crippen LogP contribution in [0.4, 0.5) is 8.78 Å². The zero-order chi connectivity index (χ0) is 13.4. The molecule has 2 nitrogen and oxygen atoms in total. The monoisotopic (exact) mass is 276 g/mol.